The lowest BCUT2D eigenvalue weighted by Gasteiger charge is -2.24. The molecule has 0 heterocycles. The molecule has 1 aliphatic rings. The van der Waals surface area contributed by atoms with Crippen LogP contribution in [0.2, 0.25) is 0 Å². The third-order valence-corrected chi connectivity index (χ3v) is 5.74. The number of nitrogens with one attached hydrogen (secondary N) is 2. The lowest BCUT2D eigenvalue weighted by molar-refractivity contribution is 0.0947. The lowest BCUT2D eigenvalue weighted by Crippen LogP contribution is -2.42. The summed E-state index contributed by atoms with van der Waals surface area (Å²) in [4.78, 5) is 4.76. The van der Waals surface area contributed by atoms with Crippen molar-refractivity contribution in [2.24, 2.45) is 10.4 Å². The van der Waals surface area contributed by atoms with Gasteiger partial charge in [0.05, 0.1) is 19.8 Å². The van der Waals surface area contributed by atoms with Crippen LogP contribution in [0.1, 0.15) is 43.4 Å². The van der Waals surface area contributed by atoms with Crippen molar-refractivity contribution in [3.8, 4) is 5.75 Å². The van der Waals surface area contributed by atoms with E-state index in [2.05, 4.69) is 10.6 Å². The van der Waals surface area contributed by atoms with Crippen LogP contribution in [-0.2, 0) is 11.3 Å². The van der Waals surface area contributed by atoms with Crippen LogP contribution in [0.15, 0.2) is 59.6 Å². The van der Waals surface area contributed by atoms with Gasteiger partial charge in [-0.05, 0) is 49.4 Å². The van der Waals surface area contributed by atoms with Crippen LogP contribution >= 0.6 is 24.0 Å². The van der Waals surface area contributed by atoms with E-state index in [1.165, 1.54) is 0 Å². The molecule has 0 saturated heterocycles. The molecule has 0 aliphatic heterocycles. The first-order valence-electron chi connectivity index (χ1n) is 11.1. The van der Waals surface area contributed by atoms with Gasteiger partial charge in [-0.15, -0.1) is 24.0 Å². The average molecular weight is 553 g/mol. The van der Waals surface area contributed by atoms with Gasteiger partial charge < -0.3 is 25.2 Å². The number of hydrogen-bond acceptors (Lipinski definition) is 4. The zero-order valence-corrected chi connectivity index (χ0v) is 21.4. The Labute approximate surface area is 208 Å². The van der Waals surface area contributed by atoms with E-state index in [0.717, 1.165) is 61.9 Å². The number of ether oxygens (including phenoxy) is 2. The van der Waals surface area contributed by atoms with Crippen LogP contribution in [0, 0.1) is 5.41 Å². The molecule has 3 rings (SSSR count). The van der Waals surface area contributed by atoms with E-state index in [9.17, 15) is 5.11 Å². The summed E-state index contributed by atoms with van der Waals surface area (Å²) in [5, 5.41) is 17.8. The van der Waals surface area contributed by atoms with E-state index < -0.39 is 6.10 Å². The van der Waals surface area contributed by atoms with Crippen molar-refractivity contribution in [3.63, 3.8) is 0 Å². The van der Waals surface area contributed by atoms with Crippen molar-refractivity contribution in [2.45, 2.75) is 38.8 Å². The Hall–Kier alpha value is -1.84. The molecule has 0 bridgehead atoms. The highest BCUT2D eigenvalue weighted by Gasteiger charge is 2.49. The maximum atomic E-state index is 10.9. The smallest absolute Gasteiger partial charge is 0.191 e. The number of aliphatic imine (C=N–C) groups is 1. The highest BCUT2D eigenvalue weighted by Crippen LogP contribution is 2.54. The van der Waals surface area contributed by atoms with Crippen LogP contribution in [0.3, 0.4) is 0 Å². The van der Waals surface area contributed by atoms with Crippen molar-refractivity contribution < 1.29 is 14.6 Å². The molecule has 1 fully saturated rings. The van der Waals surface area contributed by atoms with Gasteiger partial charge in [0.25, 0.3) is 0 Å². The van der Waals surface area contributed by atoms with E-state index in [4.69, 9.17) is 14.5 Å². The molecule has 3 N–H and O–H groups in total. The number of halogens is 1. The van der Waals surface area contributed by atoms with E-state index in [1.54, 1.807) is 7.11 Å². The van der Waals surface area contributed by atoms with Crippen molar-refractivity contribution in [1.29, 1.82) is 0 Å². The Bertz CT molecular complexity index is 811. The topological polar surface area (TPSA) is 75.1 Å². The first kappa shape index (κ1) is 26.4. The molecule has 7 heteroatoms. The summed E-state index contributed by atoms with van der Waals surface area (Å²) in [5.41, 5.74) is 1.96. The molecule has 1 saturated carbocycles. The van der Waals surface area contributed by atoms with Gasteiger partial charge in [0.1, 0.15) is 5.75 Å². The third-order valence-electron chi connectivity index (χ3n) is 5.74. The first-order valence-corrected chi connectivity index (χ1v) is 11.1. The Balaban J connectivity index is 0.00000363. The normalized spacial score (nSPS) is 15.4. The number of aliphatic hydroxyl groups is 1. The maximum absolute atomic E-state index is 10.9. The standard InChI is InChI=1S/C25H35N3O3.HI/c1-3-31-17-7-16-26-24(27-18-20-10-12-22(30-2)13-11-20)28-19-25(14-15-25)23(29)21-8-5-4-6-9-21;/h4-6,8-13,23,29H,3,7,14-19H2,1-2H3,(H2,26,27,28);1H. The quantitative estimate of drug-likeness (QED) is 0.158. The summed E-state index contributed by atoms with van der Waals surface area (Å²) in [6, 6.07) is 17.9. The molecule has 1 atom stereocenters. The zero-order valence-electron chi connectivity index (χ0n) is 19.0. The van der Waals surface area contributed by atoms with Crippen LogP contribution in [0.5, 0.6) is 5.75 Å². The summed E-state index contributed by atoms with van der Waals surface area (Å²) in [6.07, 6.45) is 2.45. The Morgan fingerprint density at radius 2 is 1.81 bits per heavy atom. The zero-order chi connectivity index (χ0) is 21.9. The molecule has 0 aromatic heterocycles. The number of methoxy groups -OCH3 is 1. The molecule has 2 aromatic rings. The Morgan fingerprint density at radius 1 is 1.09 bits per heavy atom. The molecule has 176 valence electrons. The monoisotopic (exact) mass is 553 g/mol. The van der Waals surface area contributed by atoms with E-state index in [0.29, 0.717) is 13.1 Å². The predicted octanol–water partition coefficient (Wildman–Crippen LogP) is 4.29. The molecule has 0 radical (unpaired) electrons. The Morgan fingerprint density at radius 3 is 2.44 bits per heavy atom. The number of benzene rings is 2. The highest BCUT2D eigenvalue weighted by molar-refractivity contribution is 14.0. The minimum Gasteiger partial charge on any atom is -0.497 e. The van der Waals surface area contributed by atoms with Gasteiger partial charge in [-0.25, -0.2) is 4.99 Å². The van der Waals surface area contributed by atoms with E-state index in [-0.39, 0.29) is 29.4 Å². The molecular formula is C25H36IN3O3. The Kier molecular flexibility index (Phi) is 11.3. The van der Waals surface area contributed by atoms with Crippen molar-refractivity contribution >= 4 is 29.9 Å². The number of hydrogen-bond donors (Lipinski definition) is 3. The fraction of sp³-hybridized carbons (Fsp3) is 0.480. The van der Waals surface area contributed by atoms with Crippen molar-refractivity contribution in [2.75, 3.05) is 33.4 Å². The number of nitrogens with zero attached hydrogens (tertiary/aromatic N) is 1. The number of guanidine groups is 1. The predicted molar refractivity (Wildman–Crippen MR) is 140 cm³/mol. The maximum Gasteiger partial charge on any atom is 0.191 e. The van der Waals surface area contributed by atoms with Crippen LogP contribution in [0.4, 0.5) is 0 Å². The van der Waals surface area contributed by atoms with Crippen LogP contribution < -0.4 is 15.4 Å². The van der Waals surface area contributed by atoms with Crippen LogP contribution in [0.25, 0.3) is 0 Å². The summed E-state index contributed by atoms with van der Waals surface area (Å²) < 4.78 is 10.7. The molecule has 0 spiro atoms. The van der Waals surface area contributed by atoms with Gasteiger partial charge >= 0.3 is 0 Å². The first-order chi connectivity index (χ1) is 15.2. The van der Waals surface area contributed by atoms with E-state index >= 15 is 0 Å². The SMILES string of the molecule is CCOCCCNC(=NCc1ccc(OC)cc1)NCC1(C(O)c2ccccc2)CC1.I. The number of aliphatic hydroxyl groups excluding tert-OH is 1. The van der Waals surface area contributed by atoms with Gasteiger partial charge in [0, 0.05) is 31.7 Å². The minimum absolute atomic E-state index is 0. The molecule has 2 aromatic carbocycles. The average Bonchev–Trinajstić information content (AvgIpc) is 3.61. The molecule has 1 unspecified atom stereocenters. The fourth-order valence-electron chi connectivity index (χ4n) is 3.56. The minimum atomic E-state index is -0.470. The molecule has 6 nitrogen and oxygen atoms in total. The van der Waals surface area contributed by atoms with Gasteiger partial charge in [-0.2, -0.15) is 0 Å². The highest BCUT2D eigenvalue weighted by atomic mass is 127. The van der Waals surface area contributed by atoms with Gasteiger partial charge in [0.2, 0.25) is 0 Å². The lowest BCUT2D eigenvalue weighted by atomic mass is 9.93. The molecule has 1 aliphatic carbocycles. The molecular weight excluding hydrogens is 517 g/mol. The second-order valence-electron chi connectivity index (χ2n) is 8.02. The summed E-state index contributed by atoms with van der Waals surface area (Å²) in [5.74, 6) is 1.60. The van der Waals surface area contributed by atoms with Crippen LogP contribution in [-0.4, -0.2) is 44.5 Å². The van der Waals surface area contributed by atoms with Crippen molar-refractivity contribution in [1.82, 2.24) is 10.6 Å². The molecule has 0 amide bonds. The summed E-state index contributed by atoms with van der Waals surface area (Å²) in [7, 11) is 1.67. The van der Waals surface area contributed by atoms with Crippen molar-refractivity contribution in [3.05, 3.63) is 65.7 Å². The van der Waals surface area contributed by atoms with E-state index in [1.807, 2.05) is 61.5 Å². The summed E-state index contributed by atoms with van der Waals surface area (Å²) in [6.45, 7) is 5.50. The van der Waals surface area contributed by atoms with Gasteiger partial charge in [0.15, 0.2) is 5.96 Å². The fourth-order valence-corrected chi connectivity index (χ4v) is 3.56. The van der Waals surface area contributed by atoms with Gasteiger partial charge in [-0.1, -0.05) is 42.5 Å². The van der Waals surface area contributed by atoms with Gasteiger partial charge in [-0.3, -0.25) is 0 Å². The summed E-state index contributed by atoms with van der Waals surface area (Å²) >= 11 is 0. The third kappa shape index (κ3) is 7.94. The number of rotatable bonds is 12. The largest absolute Gasteiger partial charge is 0.497 e. The second-order valence-corrected chi connectivity index (χ2v) is 8.02. The molecule has 32 heavy (non-hydrogen) atoms. The second kappa shape index (κ2) is 13.6.